The summed E-state index contributed by atoms with van der Waals surface area (Å²) in [4.78, 5) is 2.05. The van der Waals surface area contributed by atoms with E-state index in [1.54, 1.807) is 6.26 Å². The van der Waals surface area contributed by atoms with Gasteiger partial charge in [-0.3, -0.25) is 0 Å². The Morgan fingerprint density at radius 1 is 1.58 bits per heavy atom. The molecule has 0 aromatic rings. The number of hydrogen-bond acceptors (Lipinski definition) is 3. The minimum absolute atomic E-state index is 0.226. The van der Waals surface area contributed by atoms with Crippen LogP contribution in [0.3, 0.4) is 0 Å². The zero-order valence-electron chi connectivity index (χ0n) is 7.07. The first-order chi connectivity index (χ1) is 5.70. The molecular formula is C7H11NO2Se2. The third kappa shape index (κ3) is 3.19. The van der Waals surface area contributed by atoms with E-state index in [0.717, 1.165) is 4.66 Å². The van der Waals surface area contributed by atoms with Crippen molar-refractivity contribution >= 4 is 34.0 Å². The summed E-state index contributed by atoms with van der Waals surface area (Å²) in [7, 11) is 4.02. The second kappa shape index (κ2) is 4.93. The van der Waals surface area contributed by atoms with E-state index in [4.69, 9.17) is 9.47 Å². The molecule has 1 aliphatic rings. The van der Waals surface area contributed by atoms with Gasteiger partial charge in [0.15, 0.2) is 0 Å². The number of hydrogen-bond donors (Lipinski definition) is 0. The van der Waals surface area contributed by atoms with Crippen LogP contribution >= 0.6 is 0 Å². The van der Waals surface area contributed by atoms with E-state index in [2.05, 4.69) is 20.5 Å². The zero-order valence-corrected chi connectivity index (χ0v) is 10.5. The van der Waals surface area contributed by atoms with E-state index < -0.39 is 0 Å². The molecule has 1 heterocycles. The van der Waals surface area contributed by atoms with Crippen molar-refractivity contribution in [3.8, 4) is 0 Å². The van der Waals surface area contributed by atoms with Gasteiger partial charge in [-0.1, -0.05) is 0 Å². The van der Waals surface area contributed by atoms with Crippen LogP contribution in [0.15, 0.2) is 10.9 Å². The van der Waals surface area contributed by atoms with Crippen molar-refractivity contribution < 1.29 is 9.47 Å². The number of nitrogens with zero attached hydrogens (tertiary/aromatic N) is 1. The molecule has 1 rings (SSSR count). The van der Waals surface area contributed by atoms with E-state index in [-0.39, 0.29) is 15.0 Å². The average molecular weight is 299 g/mol. The minimum atomic E-state index is 0.226. The van der Waals surface area contributed by atoms with E-state index in [1.165, 1.54) is 3.44 Å². The average Bonchev–Trinajstić information content (AvgIpc) is 2.06. The second-order valence-electron chi connectivity index (χ2n) is 2.42. The molecule has 0 saturated carbocycles. The summed E-state index contributed by atoms with van der Waals surface area (Å²) < 4.78 is 12.7. The SMILES string of the molecule is CN(C)C(=[Se])[Se]C1=COCCO1. The Labute approximate surface area is 86.6 Å². The first kappa shape index (κ1) is 10.1. The van der Waals surface area contributed by atoms with Gasteiger partial charge < -0.3 is 0 Å². The van der Waals surface area contributed by atoms with Crippen LogP contribution in [0, 0.1) is 0 Å². The molecule has 0 aliphatic carbocycles. The van der Waals surface area contributed by atoms with Crippen LogP contribution in [0.4, 0.5) is 0 Å². The van der Waals surface area contributed by atoms with Crippen molar-refractivity contribution in [1.29, 1.82) is 0 Å². The molecule has 0 fully saturated rings. The van der Waals surface area contributed by atoms with Crippen molar-refractivity contribution in [3.63, 3.8) is 0 Å². The Balaban J connectivity index is 2.39. The standard InChI is InChI=1S/C7H11NO2Se2/c1-8(2)7(11)12-6-5-9-3-4-10-6/h5H,3-4H2,1-2H3. The molecule has 0 radical (unpaired) electrons. The summed E-state index contributed by atoms with van der Waals surface area (Å²) >= 11 is 3.24. The molecule has 0 spiro atoms. The van der Waals surface area contributed by atoms with Crippen molar-refractivity contribution in [2.45, 2.75) is 0 Å². The predicted octanol–water partition coefficient (Wildman–Crippen LogP) is -0.646. The zero-order chi connectivity index (χ0) is 8.97. The first-order valence-corrected chi connectivity index (χ1v) is 6.11. The molecule has 0 bridgehead atoms. The van der Waals surface area contributed by atoms with Crippen molar-refractivity contribution in [2.75, 3.05) is 27.3 Å². The van der Waals surface area contributed by atoms with Crippen LogP contribution < -0.4 is 0 Å². The van der Waals surface area contributed by atoms with Crippen LogP contribution in [0.25, 0.3) is 0 Å². The molecule has 0 unspecified atom stereocenters. The Morgan fingerprint density at radius 2 is 2.33 bits per heavy atom. The molecular weight excluding hydrogens is 288 g/mol. The van der Waals surface area contributed by atoms with Gasteiger partial charge in [-0.05, 0) is 0 Å². The van der Waals surface area contributed by atoms with E-state index >= 15 is 0 Å². The summed E-state index contributed by atoms with van der Waals surface area (Å²) in [6.07, 6.45) is 1.71. The fourth-order valence-electron chi connectivity index (χ4n) is 0.582. The fourth-order valence-corrected chi connectivity index (χ4v) is 2.76. The Bertz CT molecular complexity index is 204. The Hall–Kier alpha value is 0.0490. The van der Waals surface area contributed by atoms with Gasteiger partial charge in [0.2, 0.25) is 0 Å². The summed E-state index contributed by atoms with van der Waals surface area (Å²) in [6, 6.07) is 0. The van der Waals surface area contributed by atoms with E-state index in [1.807, 2.05) is 14.1 Å². The van der Waals surface area contributed by atoms with Crippen LogP contribution in [0.5, 0.6) is 0 Å². The summed E-state index contributed by atoms with van der Waals surface area (Å²) in [5, 5.41) is 0. The van der Waals surface area contributed by atoms with Crippen LogP contribution in [-0.4, -0.2) is 66.2 Å². The number of rotatable bonds is 3. The summed E-state index contributed by atoms with van der Waals surface area (Å²) in [5.41, 5.74) is 0. The number of ether oxygens (including phenoxy) is 2. The predicted molar refractivity (Wildman–Crippen MR) is 50.2 cm³/mol. The second-order valence-corrected chi connectivity index (χ2v) is 6.62. The van der Waals surface area contributed by atoms with Crippen molar-refractivity contribution in [2.24, 2.45) is 0 Å². The molecule has 0 aromatic heterocycles. The van der Waals surface area contributed by atoms with Crippen LogP contribution in [-0.2, 0) is 9.47 Å². The van der Waals surface area contributed by atoms with Gasteiger partial charge in [0.25, 0.3) is 0 Å². The molecule has 0 atom stereocenters. The molecule has 0 amide bonds. The molecule has 12 heavy (non-hydrogen) atoms. The molecule has 0 aromatic carbocycles. The van der Waals surface area contributed by atoms with Gasteiger partial charge in [0, 0.05) is 0 Å². The van der Waals surface area contributed by atoms with Gasteiger partial charge in [0.1, 0.15) is 0 Å². The van der Waals surface area contributed by atoms with Gasteiger partial charge >= 0.3 is 86.6 Å². The van der Waals surface area contributed by atoms with Crippen LogP contribution in [0.1, 0.15) is 0 Å². The monoisotopic (exact) mass is 301 g/mol. The maximum atomic E-state index is 5.40. The van der Waals surface area contributed by atoms with Gasteiger partial charge in [-0.2, -0.15) is 0 Å². The van der Waals surface area contributed by atoms with E-state index in [9.17, 15) is 0 Å². The molecule has 0 N–H and O–H groups in total. The maximum absolute atomic E-state index is 5.40. The summed E-state index contributed by atoms with van der Waals surface area (Å²) in [5.74, 6) is 0. The molecule has 5 heteroatoms. The first-order valence-electron chi connectivity index (χ1n) is 3.54. The molecule has 3 nitrogen and oxygen atoms in total. The molecule has 0 saturated heterocycles. The van der Waals surface area contributed by atoms with Crippen LogP contribution in [0.2, 0.25) is 0 Å². The fraction of sp³-hybridized carbons (Fsp3) is 0.571. The van der Waals surface area contributed by atoms with Gasteiger partial charge in [-0.25, -0.2) is 0 Å². The van der Waals surface area contributed by atoms with E-state index in [0.29, 0.717) is 13.2 Å². The Kier molecular flexibility index (Phi) is 4.16. The quantitative estimate of drug-likeness (QED) is 0.647. The Morgan fingerprint density at radius 3 is 2.83 bits per heavy atom. The van der Waals surface area contributed by atoms with Crippen molar-refractivity contribution in [1.82, 2.24) is 4.90 Å². The third-order valence-electron chi connectivity index (χ3n) is 1.18. The molecule has 1 aliphatic heterocycles. The topological polar surface area (TPSA) is 21.7 Å². The van der Waals surface area contributed by atoms with Gasteiger partial charge in [0.05, 0.1) is 0 Å². The summed E-state index contributed by atoms with van der Waals surface area (Å²) in [6.45, 7) is 1.35. The van der Waals surface area contributed by atoms with Gasteiger partial charge in [-0.15, -0.1) is 0 Å². The van der Waals surface area contributed by atoms with Crippen molar-refractivity contribution in [3.05, 3.63) is 10.9 Å². The normalized spacial score (nSPS) is 15.7. The third-order valence-corrected chi connectivity index (χ3v) is 4.86. The molecule has 68 valence electrons.